The lowest BCUT2D eigenvalue weighted by molar-refractivity contribution is -0.117. The average molecular weight is 493 g/mol. The highest BCUT2D eigenvalue weighted by molar-refractivity contribution is 6.32. The first-order valence-corrected chi connectivity index (χ1v) is 12.6. The van der Waals surface area contributed by atoms with Gasteiger partial charge in [0, 0.05) is 22.6 Å². The SMILES string of the molecule is O=C1Nc2ccc(Cl)cc2C(c2ccc(O)cc2)=NC1Cc1ccccc1-c1cccc2c1CCC2. The molecule has 0 saturated heterocycles. The molecule has 1 aliphatic heterocycles. The van der Waals surface area contributed by atoms with Crippen LogP contribution in [0.25, 0.3) is 11.1 Å². The zero-order valence-electron chi connectivity index (χ0n) is 19.7. The van der Waals surface area contributed by atoms with Crippen LogP contribution in [0.1, 0.15) is 34.2 Å². The number of aliphatic imine (C=N–C) groups is 1. The predicted molar refractivity (Wildman–Crippen MR) is 145 cm³/mol. The number of nitrogens with zero attached hydrogens (tertiary/aromatic N) is 1. The number of carbonyl (C=O) groups excluding carboxylic acids is 1. The Morgan fingerprint density at radius 3 is 2.56 bits per heavy atom. The van der Waals surface area contributed by atoms with Crippen molar-refractivity contribution < 1.29 is 9.90 Å². The van der Waals surface area contributed by atoms with Crippen molar-refractivity contribution in [3.63, 3.8) is 0 Å². The molecule has 178 valence electrons. The van der Waals surface area contributed by atoms with Gasteiger partial charge in [0.25, 0.3) is 0 Å². The molecular formula is C31H25ClN2O2. The van der Waals surface area contributed by atoms with Crippen LogP contribution >= 0.6 is 11.6 Å². The van der Waals surface area contributed by atoms with E-state index in [0.717, 1.165) is 35.1 Å². The van der Waals surface area contributed by atoms with Gasteiger partial charge in [-0.1, -0.05) is 54.1 Å². The Balaban J connectivity index is 1.45. The smallest absolute Gasteiger partial charge is 0.249 e. The molecule has 1 aliphatic carbocycles. The van der Waals surface area contributed by atoms with Crippen molar-refractivity contribution in [1.82, 2.24) is 0 Å². The summed E-state index contributed by atoms with van der Waals surface area (Å²) in [4.78, 5) is 18.4. The molecule has 4 aromatic rings. The first-order chi connectivity index (χ1) is 17.6. The summed E-state index contributed by atoms with van der Waals surface area (Å²) in [5.41, 5.74) is 9.28. The Kier molecular flexibility index (Phi) is 5.82. The number of amides is 1. The fraction of sp³-hybridized carbons (Fsp3) is 0.161. The second-order valence-corrected chi connectivity index (χ2v) is 9.81. The largest absolute Gasteiger partial charge is 0.508 e. The maximum atomic E-state index is 13.4. The summed E-state index contributed by atoms with van der Waals surface area (Å²) in [5.74, 6) is 0.0230. The van der Waals surface area contributed by atoms with Gasteiger partial charge in [-0.25, -0.2) is 0 Å². The number of anilines is 1. The van der Waals surface area contributed by atoms with Gasteiger partial charge in [-0.15, -0.1) is 0 Å². The lowest BCUT2D eigenvalue weighted by atomic mass is 9.91. The third kappa shape index (κ3) is 4.18. The van der Waals surface area contributed by atoms with E-state index >= 15 is 0 Å². The van der Waals surface area contributed by atoms with Crippen molar-refractivity contribution in [2.75, 3.05) is 5.32 Å². The molecule has 36 heavy (non-hydrogen) atoms. The molecule has 1 atom stereocenters. The van der Waals surface area contributed by atoms with E-state index in [1.54, 1.807) is 18.2 Å². The Hall–Kier alpha value is -3.89. The van der Waals surface area contributed by atoms with Crippen molar-refractivity contribution in [1.29, 1.82) is 0 Å². The quantitative estimate of drug-likeness (QED) is 0.337. The normalized spacial score (nSPS) is 16.5. The first kappa shape index (κ1) is 22.6. The molecule has 2 aliphatic rings. The number of benzodiazepines with no additional fused rings is 1. The summed E-state index contributed by atoms with van der Waals surface area (Å²) >= 11 is 6.34. The number of phenolic OH excluding ortho intramolecular Hbond substituents is 1. The van der Waals surface area contributed by atoms with E-state index in [2.05, 4.69) is 41.7 Å². The minimum Gasteiger partial charge on any atom is -0.508 e. The molecule has 0 saturated carbocycles. The van der Waals surface area contributed by atoms with Gasteiger partial charge in [-0.05, 0) is 89.5 Å². The predicted octanol–water partition coefficient (Wildman–Crippen LogP) is 6.60. The van der Waals surface area contributed by atoms with Crippen LogP contribution in [0.3, 0.4) is 0 Å². The average Bonchev–Trinajstić information content (AvgIpc) is 3.33. The van der Waals surface area contributed by atoms with Gasteiger partial charge in [-0.3, -0.25) is 9.79 Å². The highest BCUT2D eigenvalue weighted by atomic mass is 35.5. The molecule has 6 rings (SSSR count). The second-order valence-electron chi connectivity index (χ2n) is 9.38. The number of fused-ring (bicyclic) bond motifs is 2. The highest BCUT2D eigenvalue weighted by Crippen LogP contribution is 2.35. The second kappa shape index (κ2) is 9.29. The van der Waals surface area contributed by atoms with Crippen LogP contribution in [0.4, 0.5) is 5.69 Å². The maximum absolute atomic E-state index is 13.4. The fourth-order valence-electron chi connectivity index (χ4n) is 5.35. The van der Waals surface area contributed by atoms with Crippen LogP contribution < -0.4 is 5.32 Å². The summed E-state index contributed by atoms with van der Waals surface area (Å²) in [7, 11) is 0. The number of aryl methyl sites for hydroxylation is 1. The van der Waals surface area contributed by atoms with Crippen LogP contribution in [-0.4, -0.2) is 22.8 Å². The first-order valence-electron chi connectivity index (χ1n) is 12.2. The Labute approximate surface area is 215 Å². The number of aromatic hydroxyl groups is 1. The highest BCUT2D eigenvalue weighted by Gasteiger charge is 2.27. The van der Waals surface area contributed by atoms with Crippen LogP contribution in [0.15, 0.2) is 89.9 Å². The molecular weight excluding hydrogens is 468 g/mol. The van der Waals surface area contributed by atoms with Gasteiger partial charge in [0.15, 0.2) is 0 Å². The van der Waals surface area contributed by atoms with Gasteiger partial charge < -0.3 is 10.4 Å². The lowest BCUT2D eigenvalue weighted by Crippen LogP contribution is -2.27. The van der Waals surface area contributed by atoms with Crippen LogP contribution in [0, 0.1) is 0 Å². The zero-order valence-corrected chi connectivity index (χ0v) is 20.4. The molecule has 1 amide bonds. The van der Waals surface area contributed by atoms with Gasteiger partial charge in [0.2, 0.25) is 5.91 Å². The number of nitrogens with one attached hydrogen (secondary N) is 1. The molecule has 0 fully saturated rings. The number of benzene rings is 4. The topological polar surface area (TPSA) is 61.7 Å². The number of hydrogen-bond donors (Lipinski definition) is 2. The molecule has 2 N–H and O–H groups in total. The Bertz CT molecular complexity index is 1510. The standard InChI is InChI=1S/C31H25ClN2O2/c32-22-13-16-28-27(18-22)30(20-11-14-23(35)15-12-20)33-29(31(36)34-28)17-21-5-1-2-8-25(21)26-10-4-7-19-6-3-9-24(19)26/h1-2,4-5,7-8,10-16,18,29,35H,3,6,9,17H2,(H,34,36). The van der Waals surface area contributed by atoms with E-state index in [-0.39, 0.29) is 11.7 Å². The molecule has 0 radical (unpaired) electrons. The van der Waals surface area contributed by atoms with E-state index in [9.17, 15) is 9.90 Å². The van der Waals surface area contributed by atoms with Crippen molar-refractivity contribution >= 4 is 28.9 Å². The molecule has 5 heteroatoms. The number of carbonyl (C=O) groups is 1. The van der Waals surface area contributed by atoms with E-state index in [1.165, 1.54) is 23.1 Å². The summed E-state index contributed by atoms with van der Waals surface area (Å²) in [6.07, 6.45) is 3.86. The minimum atomic E-state index is -0.627. The van der Waals surface area contributed by atoms with E-state index in [4.69, 9.17) is 16.6 Å². The molecule has 0 aromatic heterocycles. The monoisotopic (exact) mass is 492 g/mol. The summed E-state index contributed by atoms with van der Waals surface area (Å²) in [5, 5.41) is 13.5. The van der Waals surface area contributed by atoms with Gasteiger partial charge in [-0.2, -0.15) is 0 Å². The summed E-state index contributed by atoms with van der Waals surface area (Å²) < 4.78 is 0. The molecule has 1 heterocycles. The van der Waals surface area contributed by atoms with Crippen molar-refractivity contribution in [2.45, 2.75) is 31.7 Å². The van der Waals surface area contributed by atoms with Crippen LogP contribution in [-0.2, 0) is 24.1 Å². The van der Waals surface area contributed by atoms with E-state index in [0.29, 0.717) is 22.8 Å². The number of phenols is 1. The zero-order chi connectivity index (χ0) is 24.6. The third-order valence-electron chi connectivity index (χ3n) is 7.09. The van der Waals surface area contributed by atoms with Crippen molar-refractivity contribution in [3.05, 3.63) is 118 Å². The molecule has 4 aromatic carbocycles. The van der Waals surface area contributed by atoms with Crippen LogP contribution in [0.2, 0.25) is 5.02 Å². The maximum Gasteiger partial charge on any atom is 0.249 e. The molecule has 0 spiro atoms. The summed E-state index contributed by atoms with van der Waals surface area (Å²) in [6, 6.07) is 26.5. The summed E-state index contributed by atoms with van der Waals surface area (Å²) in [6.45, 7) is 0. The molecule has 4 nitrogen and oxygen atoms in total. The van der Waals surface area contributed by atoms with E-state index < -0.39 is 6.04 Å². The number of hydrogen-bond acceptors (Lipinski definition) is 3. The fourth-order valence-corrected chi connectivity index (χ4v) is 5.52. The number of rotatable bonds is 4. The van der Waals surface area contributed by atoms with Crippen LogP contribution in [0.5, 0.6) is 5.75 Å². The van der Waals surface area contributed by atoms with Gasteiger partial charge >= 0.3 is 0 Å². The molecule has 0 bridgehead atoms. The lowest BCUT2D eigenvalue weighted by Gasteiger charge is -2.17. The van der Waals surface area contributed by atoms with Gasteiger partial charge in [0.1, 0.15) is 11.8 Å². The van der Waals surface area contributed by atoms with Crippen molar-refractivity contribution in [2.24, 2.45) is 4.99 Å². The minimum absolute atomic E-state index is 0.152. The molecule has 1 unspecified atom stereocenters. The Morgan fingerprint density at radius 2 is 1.69 bits per heavy atom. The third-order valence-corrected chi connectivity index (χ3v) is 7.32. The number of halogens is 1. The van der Waals surface area contributed by atoms with Crippen molar-refractivity contribution in [3.8, 4) is 16.9 Å². The Morgan fingerprint density at radius 1 is 0.889 bits per heavy atom. The van der Waals surface area contributed by atoms with Gasteiger partial charge in [0.05, 0.1) is 11.4 Å². The van der Waals surface area contributed by atoms with E-state index in [1.807, 2.05) is 30.3 Å².